The van der Waals surface area contributed by atoms with Crippen molar-refractivity contribution in [1.82, 2.24) is 5.32 Å². The van der Waals surface area contributed by atoms with Crippen molar-refractivity contribution in [2.75, 3.05) is 11.9 Å². The zero-order chi connectivity index (χ0) is 16.5. The number of carbonyl (C=O) groups excluding carboxylic acids is 4. The van der Waals surface area contributed by atoms with Crippen LogP contribution in [-0.2, 0) is 25.7 Å². The number of ether oxygens (including phenoxy) is 1. The number of hydrogen-bond acceptors (Lipinski definition) is 5. The number of carbonyl (C=O) groups is 4. The zero-order valence-electron chi connectivity index (χ0n) is 12.0. The Bertz CT molecular complexity index is 574. The first-order valence-electron chi connectivity index (χ1n) is 6.44. The maximum Gasteiger partial charge on any atom is 0.243 e. The van der Waals surface area contributed by atoms with Crippen LogP contribution in [0.3, 0.4) is 0 Å². The van der Waals surface area contributed by atoms with E-state index in [9.17, 15) is 19.2 Å². The van der Waals surface area contributed by atoms with Gasteiger partial charge in [-0.1, -0.05) is 12.1 Å². The van der Waals surface area contributed by atoms with Crippen LogP contribution in [-0.4, -0.2) is 38.0 Å². The summed E-state index contributed by atoms with van der Waals surface area (Å²) in [7, 11) is 1.32. The van der Waals surface area contributed by atoms with Gasteiger partial charge < -0.3 is 21.1 Å². The van der Waals surface area contributed by atoms with Crippen molar-refractivity contribution in [1.29, 1.82) is 0 Å². The highest BCUT2D eigenvalue weighted by Gasteiger charge is 2.08. The molecular weight excluding hydrogens is 289 g/mol. The van der Waals surface area contributed by atoms with Gasteiger partial charge in [-0.05, 0) is 17.7 Å². The average Bonchev–Trinajstić information content (AvgIpc) is 2.43. The van der Waals surface area contributed by atoms with Crippen LogP contribution >= 0.6 is 0 Å². The number of nitrogens with two attached hydrogens (primary N) is 1. The normalized spacial score (nSPS) is 9.64. The van der Waals surface area contributed by atoms with Crippen LogP contribution in [0.4, 0.5) is 10.5 Å². The van der Waals surface area contributed by atoms with Gasteiger partial charge in [-0.15, -0.1) is 0 Å². The first-order chi connectivity index (χ1) is 10.4. The summed E-state index contributed by atoms with van der Waals surface area (Å²) < 4.78 is 4.83. The third kappa shape index (κ3) is 7.08. The Morgan fingerprint density at radius 1 is 1.09 bits per heavy atom. The van der Waals surface area contributed by atoms with Crippen molar-refractivity contribution in [2.24, 2.45) is 5.73 Å². The van der Waals surface area contributed by atoms with E-state index in [4.69, 9.17) is 10.5 Å². The summed E-state index contributed by atoms with van der Waals surface area (Å²) in [6.45, 7) is -0.103. The van der Waals surface area contributed by atoms with Gasteiger partial charge >= 0.3 is 0 Å². The van der Waals surface area contributed by atoms with Gasteiger partial charge in [0.1, 0.15) is 13.0 Å². The molecule has 0 saturated carbocycles. The molecule has 116 valence electrons. The lowest BCUT2D eigenvalue weighted by atomic mass is 10.2. The summed E-state index contributed by atoms with van der Waals surface area (Å²) in [5, 5.41) is 4.83. The van der Waals surface area contributed by atoms with Crippen molar-refractivity contribution in [3.05, 3.63) is 29.8 Å². The largest absolute Gasteiger partial charge is 0.469 e. The molecule has 1 aromatic rings. The predicted octanol–water partition coefficient (Wildman–Crippen LogP) is -1.11. The minimum atomic E-state index is -0.763. The summed E-state index contributed by atoms with van der Waals surface area (Å²) in [6.07, 6.45) is -0.460. The highest BCUT2D eigenvalue weighted by Crippen LogP contribution is 2.10. The standard InChI is InChI=1S/C13H16BN3O5/c14-13(21)22-7-8-1-3-9(4-2-8)17-12(20)6-16-11(19)5-10(15)18/h1-4H,5-7,14H2,(H2,15,18)(H,16,19)(H,17,20). The molecule has 1 aromatic carbocycles. The molecule has 3 amide bonds. The number of anilines is 1. The fraction of sp³-hybridized carbons (Fsp3) is 0.231. The van der Waals surface area contributed by atoms with Crippen molar-refractivity contribution in [3.8, 4) is 0 Å². The van der Waals surface area contributed by atoms with Gasteiger partial charge in [0.05, 0.1) is 6.54 Å². The van der Waals surface area contributed by atoms with Crippen LogP contribution in [0.1, 0.15) is 12.0 Å². The van der Waals surface area contributed by atoms with Gasteiger partial charge in [-0.25, -0.2) is 0 Å². The Labute approximate surface area is 127 Å². The lowest BCUT2D eigenvalue weighted by Crippen LogP contribution is -2.35. The first kappa shape index (κ1) is 17.2. The van der Waals surface area contributed by atoms with E-state index in [1.807, 2.05) is 0 Å². The lowest BCUT2D eigenvalue weighted by Gasteiger charge is -2.07. The topological polar surface area (TPSA) is 128 Å². The minimum absolute atomic E-state index is 0.159. The molecule has 9 heteroatoms. The van der Waals surface area contributed by atoms with Crippen molar-refractivity contribution in [2.45, 2.75) is 13.0 Å². The SMILES string of the molecule is BC(=O)OCc1ccc(NC(=O)CNC(=O)CC(N)=O)cc1. The molecule has 0 saturated heterocycles. The summed E-state index contributed by atoms with van der Waals surface area (Å²) in [6, 6.07) is 6.68. The molecule has 0 aromatic heterocycles. The van der Waals surface area contributed by atoms with E-state index in [2.05, 4.69) is 10.6 Å². The Kier molecular flexibility index (Phi) is 6.61. The van der Waals surface area contributed by atoms with Crippen molar-refractivity contribution < 1.29 is 23.9 Å². The lowest BCUT2D eigenvalue weighted by molar-refractivity contribution is -0.129. The number of rotatable bonds is 7. The third-order valence-corrected chi connectivity index (χ3v) is 2.46. The Hall–Kier alpha value is -2.84. The fourth-order valence-electron chi connectivity index (χ4n) is 1.47. The molecule has 0 fully saturated rings. The summed E-state index contributed by atoms with van der Waals surface area (Å²) in [4.78, 5) is 43.9. The van der Waals surface area contributed by atoms with E-state index in [0.29, 0.717) is 5.69 Å². The van der Waals surface area contributed by atoms with Gasteiger partial charge in [0.2, 0.25) is 31.4 Å². The van der Waals surface area contributed by atoms with Crippen LogP contribution in [0.5, 0.6) is 0 Å². The van der Waals surface area contributed by atoms with Gasteiger partial charge in [-0.2, -0.15) is 0 Å². The average molecular weight is 305 g/mol. The second kappa shape index (κ2) is 8.45. The Balaban J connectivity index is 2.39. The van der Waals surface area contributed by atoms with Gasteiger partial charge in [0.15, 0.2) is 0 Å². The first-order valence-corrected chi connectivity index (χ1v) is 6.44. The molecule has 22 heavy (non-hydrogen) atoms. The number of hydrogen-bond donors (Lipinski definition) is 3. The maximum atomic E-state index is 11.6. The van der Waals surface area contributed by atoms with Crippen LogP contribution in [0.2, 0.25) is 0 Å². The Morgan fingerprint density at radius 2 is 1.73 bits per heavy atom. The maximum absolute atomic E-state index is 11.6. The fourth-order valence-corrected chi connectivity index (χ4v) is 1.47. The van der Waals surface area contributed by atoms with E-state index < -0.39 is 24.1 Å². The summed E-state index contributed by atoms with van der Waals surface area (Å²) in [5.41, 5.74) is 6.16. The zero-order valence-corrected chi connectivity index (χ0v) is 12.0. The molecule has 0 aliphatic heterocycles. The van der Waals surface area contributed by atoms with Crippen molar-refractivity contribution in [3.63, 3.8) is 0 Å². The van der Waals surface area contributed by atoms with E-state index in [1.54, 1.807) is 24.3 Å². The van der Waals surface area contributed by atoms with Crippen LogP contribution in [0, 0.1) is 0 Å². The Morgan fingerprint density at radius 3 is 2.27 bits per heavy atom. The van der Waals surface area contributed by atoms with Crippen LogP contribution in [0.15, 0.2) is 24.3 Å². The number of primary amides is 1. The molecule has 4 N–H and O–H groups in total. The van der Waals surface area contributed by atoms with Crippen LogP contribution < -0.4 is 16.4 Å². The van der Waals surface area contributed by atoms with Gasteiger partial charge in [-0.3, -0.25) is 19.2 Å². The molecule has 1 rings (SSSR count). The number of benzene rings is 1. The third-order valence-electron chi connectivity index (χ3n) is 2.46. The molecule has 0 unspecified atom stereocenters. The molecule has 0 atom stereocenters. The molecule has 0 heterocycles. The summed E-state index contributed by atoms with van der Waals surface area (Å²) in [5.74, 6) is -2.18. The second-order valence-electron chi connectivity index (χ2n) is 4.45. The molecule has 0 spiro atoms. The monoisotopic (exact) mass is 305 g/mol. The molecule has 0 aliphatic rings. The number of nitrogens with one attached hydrogen (secondary N) is 2. The van der Waals surface area contributed by atoms with E-state index >= 15 is 0 Å². The second-order valence-corrected chi connectivity index (χ2v) is 4.45. The van der Waals surface area contributed by atoms with E-state index in [1.165, 1.54) is 7.85 Å². The molecule has 0 bridgehead atoms. The molecular formula is C13H16BN3O5. The summed E-state index contributed by atoms with van der Waals surface area (Å²) >= 11 is 0. The predicted molar refractivity (Wildman–Crippen MR) is 80.6 cm³/mol. The van der Waals surface area contributed by atoms with Gasteiger partial charge in [0, 0.05) is 5.69 Å². The van der Waals surface area contributed by atoms with E-state index in [-0.39, 0.29) is 19.0 Å². The molecule has 0 radical (unpaired) electrons. The van der Waals surface area contributed by atoms with Crippen molar-refractivity contribution >= 4 is 37.1 Å². The smallest absolute Gasteiger partial charge is 0.243 e. The number of amides is 3. The highest BCUT2D eigenvalue weighted by molar-refractivity contribution is 6.55. The highest BCUT2D eigenvalue weighted by atomic mass is 16.5. The van der Waals surface area contributed by atoms with Crippen LogP contribution in [0.25, 0.3) is 0 Å². The van der Waals surface area contributed by atoms with Gasteiger partial charge in [0.25, 0.3) is 0 Å². The quantitative estimate of drug-likeness (QED) is 0.434. The van der Waals surface area contributed by atoms with E-state index in [0.717, 1.165) is 5.56 Å². The minimum Gasteiger partial charge on any atom is -0.469 e. The molecule has 0 aliphatic carbocycles. The molecule has 8 nitrogen and oxygen atoms in total.